The molecule has 0 aliphatic rings. The fourth-order valence-corrected chi connectivity index (χ4v) is 0.866. The van der Waals surface area contributed by atoms with Crippen LogP contribution in [-0.4, -0.2) is 48.0 Å². The van der Waals surface area contributed by atoms with Gasteiger partial charge in [0, 0.05) is 27.9 Å². The quantitative estimate of drug-likeness (QED) is 0.637. The van der Waals surface area contributed by atoms with Crippen molar-refractivity contribution in [2.45, 2.75) is 6.92 Å². The molecule has 0 aromatic carbocycles. The zero-order valence-corrected chi connectivity index (χ0v) is 9.84. The maximum absolute atomic E-state index is 7.57. The summed E-state index contributed by atoms with van der Waals surface area (Å²) < 4.78 is 14.2. The van der Waals surface area contributed by atoms with Crippen LogP contribution in [0, 0.1) is 0 Å². The third-order valence-electron chi connectivity index (χ3n) is 0.577. The molecule has 0 bridgehead atoms. The van der Waals surface area contributed by atoms with E-state index in [0.29, 0.717) is 0 Å². The second-order valence-electron chi connectivity index (χ2n) is 1.31. The molecule has 0 fully saturated rings. The van der Waals surface area contributed by atoms with Crippen molar-refractivity contribution in [2.24, 2.45) is 0 Å². The molecular formula is C5H19ClO5Si. The van der Waals surface area contributed by atoms with Gasteiger partial charge < -0.3 is 23.9 Å². The Bertz CT molecular complexity index is 49.6. The van der Waals surface area contributed by atoms with E-state index >= 15 is 0 Å². The van der Waals surface area contributed by atoms with E-state index in [0.717, 1.165) is 0 Å². The lowest BCUT2D eigenvalue weighted by Crippen LogP contribution is -2.21. The minimum absolute atomic E-state index is 0. The van der Waals surface area contributed by atoms with Gasteiger partial charge in [-0.05, 0) is 6.92 Å². The normalized spacial score (nSPS) is 7.50. The molecular weight excluding hydrogens is 204 g/mol. The van der Waals surface area contributed by atoms with Gasteiger partial charge in [0.05, 0.1) is 0 Å². The maximum atomic E-state index is 7.57. The predicted octanol–water partition coefficient (Wildman–Crippen LogP) is -0.762. The Balaban J connectivity index is -0.0000000569. The van der Waals surface area contributed by atoms with Crippen LogP contribution in [0.4, 0.5) is 0 Å². The first-order valence-corrected chi connectivity index (χ1v) is 4.37. The van der Waals surface area contributed by atoms with Crippen molar-refractivity contribution in [2.75, 3.05) is 27.9 Å². The molecule has 0 spiro atoms. The molecule has 0 saturated heterocycles. The number of halogens is 1. The highest BCUT2D eigenvalue weighted by atomic mass is 35.5. The monoisotopic (exact) mass is 222 g/mol. The van der Waals surface area contributed by atoms with E-state index < -0.39 is 9.53 Å². The molecule has 0 atom stereocenters. The second-order valence-corrected chi connectivity index (χ2v) is 3.30. The van der Waals surface area contributed by atoms with E-state index in [1.54, 1.807) is 28.3 Å². The molecule has 80 valence electrons. The van der Waals surface area contributed by atoms with Crippen LogP contribution in [0.1, 0.15) is 6.92 Å². The van der Waals surface area contributed by atoms with Crippen molar-refractivity contribution in [3.63, 3.8) is 0 Å². The molecule has 5 nitrogen and oxygen atoms in total. The van der Waals surface area contributed by atoms with Crippen LogP contribution in [0.2, 0.25) is 0 Å². The molecule has 0 saturated carbocycles. The number of hydrogen-bond donors (Lipinski definition) is 1. The summed E-state index contributed by atoms with van der Waals surface area (Å²) in [4.78, 5) is 0. The van der Waals surface area contributed by atoms with Crippen LogP contribution < -0.4 is 0 Å². The molecule has 12 heavy (non-hydrogen) atoms. The van der Waals surface area contributed by atoms with Crippen molar-refractivity contribution in [1.82, 2.24) is 0 Å². The maximum Gasteiger partial charge on any atom is 0.483 e. The lowest BCUT2D eigenvalue weighted by atomic mass is 10.9. The van der Waals surface area contributed by atoms with E-state index in [1.165, 1.54) is 0 Å². The first-order valence-electron chi connectivity index (χ1n) is 2.96. The van der Waals surface area contributed by atoms with Crippen LogP contribution in [0.3, 0.4) is 0 Å². The number of hydrogen-bond acceptors (Lipinski definition) is 4. The number of rotatable bonds is 3. The van der Waals surface area contributed by atoms with Crippen molar-refractivity contribution < 1.29 is 23.9 Å². The van der Waals surface area contributed by atoms with Gasteiger partial charge in [-0.15, -0.1) is 12.4 Å². The molecule has 7 heteroatoms. The van der Waals surface area contributed by atoms with E-state index in [4.69, 9.17) is 18.4 Å². The van der Waals surface area contributed by atoms with Crippen LogP contribution in [0.5, 0.6) is 0 Å². The number of aliphatic hydroxyl groups is 1. The highest BCUT2D eigenvalue weighted by molar-refractivity contribution is 6.36. The van der Waals surface area contributed by atoms with Gasteiger partial charge in [-0.1, -0.05) is 0 Å². The topological polar surface area (TPSA) is 79.4 Å². The minimum Gasteiger partial charge on any atom is -0.412 e. The summed E-state index contributed by atoms with van der Waals surface area (Å²) in [5.74, 6) is 0. The summed E-state index contributed by atoms with van der Waals surface area (Å²) in [7, 11) is 3.05. The molecule has 0 amide bonds. The molecule has 0 aliphatic heterocycles. The predicted molar refractivity (Wildman–Crippen MR) is 51.8 cm³/mol. The SMILES string of the molecule is CCO.CO[SiH](OC)OC.Cl.O. The second kappa shape index (κ2) is 22.5. The fourth-order valence-electron chi connectivity index (χ4n) is 0.289. The minimum atomic E-state index is -1.67. The van der Waals surface area contributed by atoms with Gasteiger partial charge in [0.2, 0.25) is 0 Å². The van der Waals surface area contributed by atoms with Crippen molar-refractivity contribution >= 4 is 21.9 Å². The van der Waals surface area contributed by atoms with E-state index in [9.17, 15) is 0 Å². The number of aliphatic hydroxyl groups excluding tert-OH is 1. The Labute approximate surface area is 81.3 Å². The Morgan fingerprint density at radius 2 is 1.25 bits per heavy atom. The molecule has 3 N–H and O–H groups in total. The Morgan fingerprint density at radius 1 is 1.08 bits per heavy atom. The van der Waals surface area contributed by atoms with Gasteiger partial charge in [-0.25, -0.2) is 0 Å². The summed E-state index contributed by atoms with van der Waals surface area (Å²) in [5.41, 5.74) is 0. The third-order valence-corrected chi connectivity index (χ3v) is 1.73. The van der Waals surface area contributed by atoms with Gasteiger partial charge >= 0.3 is 9.53 Å². The average Bonchev–Trinajstić information content (AvgIpc) is 1.93. The lowest BCUT2D eigenvalue weighted by molar-refractivity contribution is 0.163. The van der Waals surface area contributed by atoms with Crippen molar-refractivity contribution in [1.29, 1.82) is 0 Å². The van der Waals surface area contributed by atoms with Crippen LogP contribution in [-0.2, 0) is 13.3 Å². The molecule has 0 heterocycles. The van der Waals surface area contributed by atoms with Crippen molar-refractivity contribution in [3.05, 3.63) is 0 Å². The average molecular weight is 223 g/mol. The lowest BCUT2D eigenvalue weighted by Gasteiger charge is -2.05. The smallest absolute Gasteiger partial charge is 0.412 e. The Kier molecular flexibility index (Phi) is 42.7. The van der Waals surface area contributed by atoms with E-state index in [-0.39, 0.29) is 24.5 Å². The summed E-state index contributed by atoms with van der Waals surface area (Å²) in [6.07, 6.45) is 0. The van der Waals surface area contributed by atoms with Crippen LogP contribution >= 0.6 is 12.4 Å². The van der Waals surface area contributed by atoms with Gasteiger partial charge in [0.25, 0.3) is 0 Å². The van der Waals surface area contributed by atoms with Crippen LogP contribution in [0.15, 0.2) is 0 Å². The Morgan fingerprint density at radius 3 is 1.25 bits per heavy atom. The molecule has 0 aromatic rings. The standard InChI is InChI=1S/C3H10O3Si.C2H6O.ClH.H2O/c1-4-7(5-2)6-3;1-2-3;;/h7H,1-3H3;3H,2H2,1H3;1H;1H2. The summed E-state index contributed by atoms with van der Waals surface area (Å²) in [5, 5.41) is 7.57. The zero-order chi connectivity index (χ0) is 8.41. The molecule has 0 aliphatic carbocycles. The first-order chi connectivity index (χ1) is 4.76. The van der Waals surface area contributed by atoms with Gasteiger partial charge in [0.1, 0.15) is 0 Å². The Hall–Kier alpha value is 0.307. The van der Waals surface area contributed by atoms with Crippen molar-refractivity contribution in [3.8, 4) is 0 Å². The van der Waals surface area contributed by atoms with Crippen LogP contribution in [0.25, 0.3) is 0 Å². The summed E-state index contributed by atoms with van der Waals surface area (Å²) in [6, 6.07) is 0. The molecule has 0 rings (SSSR count). The van der Waals surface area contributed by atoms with E-state index in [1.807, 2.05) is 0 Å². The van der Waals surface area contributed by atoms with Gasteiger partial charge in [-0.2, -0.15) is 0 Å². The highest BCUT2D eigenvalue weighted by Crippen LogP contribution is 1.81. The highest BCUT2D eigenvalue weighted by Gasteiger charge is 2.04. The van der Waals surface area contributed by atoms with E-state index in [2.05, 4.69) is 0 Å². The molecule has 0 aromatic heterocycles. The van der Waals surface area contributed by atoms with Gasteiger partial charge in [0.15, 0.2) is 0 Å². The third kappa shape index (κ3) is 22.4. The molecule has 0 radical (unpaired) electrons. The fraction of sp³-hybridized carbons (Fsp3) is 1.00. The largest absolute Gasteiger partial charge is 0.483 e. The zero-order valence-electron chi connectivity index (χ0n) is 7.86. The first kappa shape index (κ1) is 22.8. The summed E-state index contributed by atoms with van der Waals surface area (Å²) >= 11 is 0. The molecule has 0 unspecified atom stereocenters. The van der Waals surface area contributed by atoms with Gasteiger partial charge in [-0.3, -0.25) is 0 Å². The summed E-state index contributed by atoms with van der Waals surface area (Å²) in [6.45, 7) is 1.93.